The van der Waals surface area contributed by atoms with Gasteiger partial charge in [-0.15, -0.1) is 0 Å². The van der Waals surface area contributed by atoms with Gasteiger partial charge in [0.2, 0.25) is 11.8 Å². The van der Waals surface area contributed by atoms with Crippen LogP contribution in [0.15, 0.2) is 48.5 Å². The van der Waals surface area contributed by atoms with Crippen LogP contribution >= 0.6 is 0 Å². The van der Waals surface area contributed by atoms with Crippen molar-refractivity contribution in [1.29, 1.82) is 0 Å². The molecule has 1 aliphatic carbocycles. The highest BCUT2D eigenvalue weighted by Crippen LogP contribution is 2.31. The molecule has 0 atom stereocenters. The van der Waals surface area contributed by atoms with E-state index >= 15 is 0 Å². The van der Waals surface area contributed by atoms with E-state index in [-0.39, 0.29) is 29.4 Å². The van der Waals surface area contributed by atoms with Crippen LogP contribution in [-0.2, 0) is 9.59 Å². The van der Waals surface area contributed by atoms with Gasteiger partial charge in [-0.05, 0) is 63.3 Å². The molecule has 2 N–H and O–H groups in total. The molecule has 5 nitrogen and oxygen atoms in total. The largest absolute Gasteiger partial charge is 0.326 e. The zero-order valence-corrected chi connectivity index (χ0v) is 16.3. The second kappa shape index (κ2) is 8.83. The number of hydrogen-bond donors (Lipinski definition) is 2. The first-order valence-electron chi connectivity index (χ1n) is 9.72. The number of carbonyl (C=O) groups excluding carboxylic acids is 3. The van der Waals surface area contributed by atoms with Crippen molar-refractivity contribution >= 4 is 29.0 Å². The molecule has 1 saturated carbocycles. The van der Waals surface area contributed by atoms with Gasteiger partial charge in [0.15, 0.2) is 5.78 Å². The smallest absolute Gasteiger partial charge is 0.227 e. The van der Waals surface area contributed by atoms with E-state index in [0.717, 1.165) is 11.3 Å². The number of hydrogen-bond acceptors (Lipinski definition) is 3. The molecule has 2 amide bonds. The Morgan fingerprint density at radius 1 is 0.821 bits per heavy atom. The summed E-state index contributed by atoms with van der Waals surface area (Å²) in [5, 5.41) is 5.92. The van der Waals surface area contributed by atoms with E-state index in [0.29, 0.717) is 36.9 Å². The summed E-state index contributed by atoms with van der Waals surface area (Å²) in [4.78, 5) is 36.6. The highest BCUT2D eigenvalue weighted by atomic mass is 16.2. The van der Waals surface area contributed by atoms with Crippen LogP contribution in [0.1, 0.15) is 48.5 Å². The van der Waals surface area contributed by atoms with E-state index in [9.17, 15) is 14.4 Å². The molecular formula is C23H26N2O3. The Kier molecular flexibility index (Phi) is 6.24. The normalized spacial score (nSPS) is 18.9. The minimum Gasteiger partial charge on any atom is -0.326 e. The van der Waals surface area contributed by atoms with Crippen LogP contribution in [0.5, 0.6) is 0 Å². The number of benzene rings is 2. The van der Waals surface area contributed by atoms with Crippen molar-refractivity contribution in [1.82, 2.24) is 0 Å². The van der Waals surface area contributed by atoms with Crippen molar-refractivity contribution in [2.24, 2.45) is 11.8 Å². The first kappa shape index (κ1) is 19.8. The molecular weight excluding hydrogens is 352 g/mol. The molecule has 0 heterocycles. The lowest BCUT2D eigenvalue weighted by molar-refractivity contribution is -0.125. The van der Waals surface area contributed by atoms with Crippen LogP contribution in [0.3, 0.4) is 0 Å². The molecule has 0 bridgehead atoms. The van der Waals surface area contributed by atoms with E-state index in [1.807, 2.05) is 31.2 Å². The Morgan fingerprint density at radius 3 is 2.04 bits per heavy atom. The molecule has 0 unspecified atom stereocenters. The van der Waals surface area contributed by atoms with Gasteiger partial charge >= 0.3 is 0 Å². The maximum absolute atomic E-state index is 12.6. The highest BCUT2D eigenvalue weighted by molar-refractivity contribution is 5.98. The van der Waals surface area contributed by atoms with E-state index in [4.69, 9.17) is 0 Å². The Bertz CT molecular complexity index is 883. The van der Waals surface area contributed by atoms with Gasteiger partial charge in [0, 0.05) is 28.8 Å². The van der Waals surface area contributed by atoms with Crippen LogP contribution < -0.4 is 10.6 Å². The summed E-state index contributed by atoms with van der Waals surface area (Å²) in [6.07, 6.45) is 2.76. The van der Waals surface area contributed by atoms with Crippen LogP contribution in [0.2, 0.25) is 0 Å². The Morgan fingerprint density at radius 2 is 1.43 bits per heavy atom. The standard InChI is InChI=1S/C23H26N2O3/c1-15-6-3-4-9-21(15)25-23(28)18-12-10-17(11-13-18)22(27)24-20-8-5-7-19(14-20)16(2)26/h3-9,14,17-18H,10-13H2,1-2H3,(H,24,27)(H,25,28). The molecule has 2 aromatic rings. The second-order valence-electron chi connectivity index (χ2n) is 7.48. The maximum Gasteiger partial charge on any atom is 0.227 e. The number of carbonyl (C=O) groups is 3. The molecule has 146 valence electrons. The number of amides is 2. The molecule has 1 fully saturated rings. The Hall–Kier alpha value is -2.95. The lowest BCUT2D eigenvalue weighted by Gasteiger charge is -2.27. The molecule has 1 aliphatic rings. The fraction of sp³-hybridized carbons (Fsp3) is 0.348. The third-order valence-corrected chi connectivity index (χ3v) is 5.41. The first-order chi connectivity index (χ1) is 13.4. The van der Waals surface area contributed by atoms with E-state index in [2.05, 4.69) is 10.6 Å². The van der Waals surface area contributed by atoms with Crippen molar-refractivity contribution in [2.45, 2.75) is 39.5 Å². The fourth-order valence-corrected chi connectivity index (χ4v) is 3.63. The van der Waals surface area contributed by atoms with Gasteiger partial charge in [-0.2, -0.15) is 0 Å². The van der Waals surface area contributed by atoms with E-state index in [1.54, 1.807) is 24.3 Å². The van der Waals surface area contributed by atoms with Crippen molar-refractivity contribution in [3.8, 4) is 0 Å². The monoisotopic (exact) mass is 378 g/mol. The summed E-state index contributed by atoms with van der Waals surface area (Å²) in [6.45, 7) is 3.47. The molecule has 5 heteroatoms. The molecule has 3 rings (SSSR count). The summed E-state index contributed by atoms with van der Waals surface area (Å²) >= 11 is 0. The Balaban J connectivity index is 1.52. The first-order valence-corrected chi connectivity index (χ1v) is 9.72. The number of anilines is 2. The number of aryl methyl sites for hydroxylation is 1. The molecule has 0 saturated heterocycles. The quantitative estimate of drug-likeness (QED) is 0.748. The summed E-state index contributed by atoms with van der Waals surface area (Å²) < 4.78 is 0. The number of para-hydroxylation sites is 1. The third kappa shape index (κ3) is 4.85. The minimum absolute atomic E-state index is 0.0299. The number of rotatable bonds is 5. The summed E-state index contributed by atoms with van der Waals surface area (Å²) in [5.41, 5.74) is 3.10. The highest BCUT2D eigenvalue weighted by Gasteiger charge is 2.30. The van der Waals surface area contributed by atoms with Crippen molar-refractivity contribution in [3.05, 3.63) is 59.7 Å². The number of ketones is 1. The Labute approximate surface area is 165 Å². The topological polar surface area (TPSA) is 75.3 Å². The number of Topliss-reactive ketones (excluding diaryl/α,β-unsaturated/α-hetero) is 1. The van der Waals surface area contributed by atoms with Gasteiger partial charge in [0.1, 0.15) is 0 Å². The lowest BCUT2D eigenvalue weighted by Crippen LogP contribution is -2.32. The van der Waals surface area contributed by atoms with Gasteiger partial charge in [-0.25, -0.2) is 0 Å². The van der Waals surface area contributed by atoms with Crippen LogP contribution in [-0.4, -0.2) is 17.6 Å². The molecule has 0 aliphatic heterocycles. The molecule has 0 radical (unpaired) electrons. The van der Waals surface area contributed by atoms with E-state index < -0.39 is 0 Å². The zero-order valence-electron chi connectivity index (χ0n) is 16.3. The van der Waals surface area contributed by atoms with Gasteiger partial charge in [0.05, 0.1) is 0 Å². The zero-order chi connectivity index (χ0) is 20.1. The van der Waals surface area contributed by atoms with Crippen molar-refractivity contribution in [3.63, 3.8) is 0 Å². The molecule has 0 spiro atoms. The van der Waals surface area contributed by atoms with Crippen molar-refractivity contribution in [2.75, 3.05) is 10.6 Å². The third-order valence-electron chi connectivity index (χ3n) is 5.41. The van der Waals surface area contributed by atoms with E-state index in [1.165, 1.54) is 6.92 Å². The van der Waals surface area contributed by atoms with Crippen LogP contribution in [0.25, 0.3) is 0 Å². The molecule has 0 aromatic heterocycles. The average Bonchev–Trinajstić information content (AvgIpc) is 2.70. The average molecular weight is 378 g/mol. The number of nitrogens with one attached hydrogen (secondary N) is 2. The maximum atomic E-state index is 12.6. The van der Waals surface area contributed by atoms with Gasteiger partial charge in [-0.3, -0.25) is 14.4 Å². The van der Waals surface area contributed by atoms with Gasteiger partial charge in [0.25, 0.3) is 0 Å². The fourth-order valence-electron chi connectivity index (χ4n) is 3.63. The summed E-state index contributed by atoms with van der Waals surface area (Å²) in [7, 11) is 0. The van der Waals surface area contributed by atoms with Gasteiger partial charge in [-0.1, -0.05) is 30.3 Å². The van der Waals surface area contributed by atoms with Crippen molar-refractivity contribution < 1.29 is 14.4 Å². The SMILES string of the molecule is CC(=O)c1cccc(NC(=O)C2CCC(C(=O)Nc3ccccc3C)CC2)c1. The molecule has 2 aromatic carbocycles. The second-order valence-corrected chi connectivity index (χ2v) is 7.48. The predicted molar refractivity (Wildman–Crippen MR) is 110 cm³/mol. The predicted octanol–water partition coefficient (Wildman–Crippen LogP) is 4.58. The minimum atomic E-state index is -0.108. The molecule has 28 heavy (non-hydrogen) atoms. The van der Waals surface area contributed by atoms with Crippen LogP contribution in [0, 0.1) is 18.8 Å². The van der Waals surface area contributed by atoms with Gasteiger partial charge < -0.3 is 10.6 Å². The lowest BCUT2D eigenvalue weighted by atomic mass is 9.81. The van der Waals surface area contributed by atoms with Crippen LogP contribution in [0.4, 0.5) is 11.4 Å². The summed E-state index contributed by atoms with van der Waals surface area (Å²) in [5.74, 6) is -0.217. The summed E-state index contributed by atoms with van der Waals surface area (Å²) in [6, 6.07) is 14.7.